The number of morpholine rings is 1. The highest BCUT2D eigenvalue weighted by molar-refractivity contribution is 9.10. The van der Waals surface area contributed by atoms with E-state index in [9.17, 15) is 14.7 Å². The number of carboxylic acid groups (broad SMARTS) is 1. The van der Waals surface area contributed by atoms with Gasteiger partial charge in [-0.2, -0.15) is 0 Å². The molecule has 6 nitrogen and oxygen atoms in total. The minimum Gasteiger partial charge on any atom is -0.479 e. The molecule has 1 aliphatic heterocycles. The van der Waals surface area contributed by atoms with Crippen molar-refractivity contribution in [2.75, 3.05) is 13.2 Å². The summed E-state index contributed by atoms with van der Waals surface area (Å²) in [5, 5.41) is 9.38. The fraction of sp³-hybridized carbons (Fsp3) is 0.500. The Bertz CT molecular complexity index is 550. The van der Waals surface area contributed by atoms with Crippen molar-refractivity contribution in [3.63, 3.8) is 0 Å². The fourth-order valence-corrected chi connectivity index (χ4v) is 2.80. The first kappa shape index (κ1) is 15.9. The zero-order chi connectivity index (χ0) is 15.6. The number of nitrogens with zero attached hydrogens (tertiary/aromatic N) is 2. The lowest BCUT2D eigenvalue weighted by atomic mass is 9.98. The second-order valence-corrected chi connectivity index (χ2v) is 6.31. The van der Waals surface area contributed by atoms with Crippen LogP contribution in [0.4, 0.5) is 0 Å². The number of aromatic nitrogens is 1. The summed E-state index contributed by atoms with van der Waals surface area (Å²) in [4.78, 5) is 29.2. The molecule has 0 aliphatic carbocycles. The Morgan fingerprint density at radius 3 is 2.86 bits per heavy atom. The number of hydrogen-bond acceptors (Lipinski definition) is 4. The SMILES string of the molecule is CC(C)CN1C(=O)COC(C(=O)O)C1c1cncc(Br)c1. The van der Waals surface area contributed by atoms with Gasteiger partial charge in [0, 0.05) is 23.4 Å². The molecule has 0 spiro atoms. The lowest BCUT2D eigenvalue weighted by molar-refractivity contribution is -0.173. The van der Waals surface area contributed by atoms with E-state index in [1.807, 2.05) is 13.8 Å². The first-order valence-electron chi connectivity index (χ1n) is 6.64. The van der Waals surface area contributed by atoms with E-state index < -0.39 is 18.1 Å². The highest BCUT2D eigenvalue weighted by atomic mass is 79.9. The average molecular weight is 357 g/mol. The number of carbonyl (C=O) groups excluding carboxylic acids is 1. The molecule has 2 atom stereocenters. The monoisotopic (exact) mass is 356 g/mol. The van der Waals surface area contributed by atoms with E-state index in [1.165, 1.54) is 0 Å². The van der Waals surface area contributed by atoms with Crippen LogP contribution in [-0.2, 0) is 14.3 Å². The number of pyridine rings is 1. The van der Waals surface area contributed by atoms with E-state index in [4.69, 9.17) is 4.74 Å². The molecular formula is C14H17BrN2O4. The molecule has 1 aliphatic rings. The molecule has 1 fully saturated rings. The number of rotatable bonds is 4. The van der Waals surface area contributed by atoms with E-state index in [0.29, 0.717) is 12.1 Å². The smallest absolute Gasteiger partial charge is 0.335 e. The van der Waals surface area contributed by atoms with Gasteiger partial charge in [0.05, 0.1) is 6.04 Å². The number of hydrogen-bond donors (Lipinski definition) is 1. The summed E-state index contributed by atoms with van der Waals surface area (Å²) in [7, 11) is 0. The van der Waals surface area contributed by atoms with Gasteiger partial charge in [-0.05, 0) is 33.5 Å². The lowest BCUT2D eigenvalue weighted by Gasteiger charge is -2.40. The standard InChI is InChI=1S/C14H17BrN2O4/c1-8(2)6-17-11(18)7-21-13(14(19)20)12(17)9-3-10(15)5-16-4-9/h3-5,8,12-13H,6-7H2,1-2H3,(H,19,20). The van der Waals surface area contributed by atoms with Crippen LogP contribution in [0, 0.1) is 5.92 Å². The zero-order valence-electron chi connectivity index (χ0n) is 11.8. The Kier molecular flexibility index (Phi) is 4.95. The van der Waals surface area contributed by atoms with Crippen molar-refractivity contribution in [3.05, 3.63) is 28.5 Å². The minimum atomic E-state index is -1.09. The summed E-state index contributed by atoms with van der Waals surface area (Å²) in [5.41, 5.74) is 0.644. The molecule has 7 heteroatoms. The van der Waals surface area contributed by atoms with E-state index in [-0.39, 0.29) is 18.4 Å². The van der Waals surface area contributed by atoms with Gasteiger partial charge in [0.1, 0.15) is 6.61 Å². The van der Waals surface area contributed by atoms with Crippen LogP contribution in [0.2, 0.25) is 0 Å². The van der Waals surface area contributed by atoms with Gasteiger partial charge < -0.3 is 14.7 Å². The Morgan fingerprint density at radius 1 is 1.57 bits per heavy atom. The van der Waals surface area contributed by atoms with Crippen molar-refractivity contribution in [1.82, 2.24) is 9.88 Å². The number of carbonyl (C=O) groups is 2. The summed E-state index contributed by atoms with van der Waals surface area (Å²) in [6, 6.07) is 1.10. The fourth-order valence-electron chi connectivity index (χ4n) is 2.41. The average Bonchev–Trinajstić information content (AvgIpc) is 2.40. The Balaban J connectivity index is 2.43. The molecule has 2 unspecified atom stereocenters. The summed E-state index contributed by atoms with van der Waals surface area (Å²) in [5.74, 6) is -1.06. The van der Waals surface area contributed by atoms with Gasteiger partial charge >= 0.3 is 5.97 Å². The summed E-state index contributed by atoms with van der Waals surface area (Å²) >= 11 is 3.32. The Hall–Kier alpha value is -1.47. The predicted octanol–water partition coefficient (Wildman–Crippen LogP) is 1.85. The maximum atomic E-state index is 12.1. The highest BCUT2D eigenvalue weighted by Crippen LogP contribution is 2.32. The molecule has 21 heavy (non-hydrogen) atoms. The Labute approximate surface area is 131 Å². The molecule has 0 saturated carbocycles. The third kappa shape index (κ3) is 3.59. The first-order valence-corrected chi connectivity index (χ1v) is 7.43. The lowest BCUT2D eigenvalue weighted by Crippen LogP contribution is -2.52. The first-order chi connectivity index (χ1) is 9.90. The van der Waals surface area contributed by atoms with Crippen molar-refractivity contribution in [2.24, 2.45) is 5.92 Å². The van der Waals surface area contributed by atoms with Gasteiger partial charge in [-0.1, -0.05) is 13.8 Å². The summed E-state index contributed by atoms with van der Waals surface area (Å²) < 4.78 is 5.96. The van der Waals surface area contributed by atoms with Crippen molar-refractivity contribution in [2.45, 2.75) is 26.0 Å². The number of halogens is 1. The maximum Gasteiger partial charge on any atom is 0.335 e. The number of ether oxygens (including phenoxy) is 1. The van der Waals surface area contributed by atoms with Gasteiger partial charge in [0.2, 0.25) is 5.91 Å². The largest absolute Gasteiger partial charge is 0.479 e. The van der Waals surface area contributed by atoms with Gasteiger partial charge in [0.15, 0.2) is 6.10 Å². The van der Waals surface area contributed by atoms with Crippen molar-refractivity contribution >= 4 is 27.8 Å². The summed E-state index contributed by atoms with van der Waals surface area (Å²) in [6.07, 6.45) is 2.09. The molecule has 0 bridgehead atoms. The van der Waals surface area contributed by atoms with Crippen LogP contribution in [0.1, 0.15) is 25.5 Å². The third-order valence-corrected chi connectivity index (χ3v) is 3.64. The van der Waals surface area contributed by atoms with Crippen LogP contribution < -0.4 is 0 Å². The molecule has 2 rings (SSSR count). The van der Waals surface area contributed by atoms with Crippen LogP contribution in [0.3, 0.4) is 0 Å². The molecule has 1 aromatic rings. The molecule has 0 radical (unpaired) electrons. The van der Waals surface area contributed by atoms with E-state index in [0.717, 1.165) is 4.47 Å². The van der Waals surface area contributed by atoms with Gasteiger partial charge in [-0.3, -0.25) is 9.78 Å². The number of carboxylic acids is 1. The highest BCUT2D eigenvalue weighted by Gasteiger charge is 2.42. The van der Waals surface area contributed by atoms with Crippen molar-refractivity contribution < 1.29 is 19.4 Å². The topological polar surface area (TPSA) is 79.7 Å². The zero-order valence-corrected chi connectivity index (χ0v) is 13.4. The quantitative estimate of drug-likeness (QED) is 0.890. The predicted molar refractivity (Wildman–Crippen MR) is 78.6 cm³/mol. The van der Waals surface area contributed by atoms with E-state index >= 15 is 0 Å². The number of amides is 1. The number of aliphatic carboxylic acids is 1. The van der Waals surface area contributed by atoms with Crippen LogP contribution in [0.15, 0.2) is 22.9 Å². The molecule has 114 valence electrons. The van der Waals surface area contributed by atoms with E-state index in [1.54, 1.807) is 23.4 Å². The maximum absolute atomic E-state index is 12.1. The van der Waals surface area contributed by atoms with Gasteiger partial charge in [0.25, 0.3) is 0 Å². The second-order valence-electron chi connectivity index (χ2n) is 5.39. The van der Waals surface area contributed by atoms with Crippen LogP contribution in [-0.4, -0.2) is 46.1 Å². The second kappa shape index (κ2) is 6.53. The Morgan fingerprint density at radius 2 is 2.29 bits per heavy atom. The van der Waals surface area contributed by atoms with Gasteiger partial charge in [-0.25, -0.2) is 4.79 Å². The van der Waals surface area contributed by atoms with Crippen LogP contribution in [0.5, 0.6) is 0 Å². The molecule has 0 aromatic carbocycles. The molecular weight excluding hydrogens is 340 g/mol. The van der Waals surface area contributed by atoms with Crippen LogP contribution >= 0.6 is 15.9 Å². The van der Waals surface area contributed by atoms with Gasteiger partial charge in [-0.15, -0.1) is 0 Å². The third-order valence-electron chi connectivity index (χ3n) is 3.20. The van der Waals surface area contributed by atoms with E-state index in [2.05, 4.69) is 20.9 Å². The molecule has 1 amide bonds. The molecule has 1 saturated heterocycles. The minimum absolute atomic E-state index is 0.203. The summed E-state index contributed by atoms with van der Waals surface area (Å²) in [6.45, 7) is 4.23. The molecule has 1 N–H and O–H groups in total. The van der Waals surface area contributed by atoms with Crippen LogP contribution in [0.25, 0.3) is 0 Å². The molecule has 1 aromatic heterocycles. The normalized spacial score (nSPS) is 22.7. The van der Waals surface area contributed by atoms with Crippen molar-refractivity contribution in [1.29, 1.82) is 0 Å². The van der Waals surface area contributed by atoms with Crippen molar-refractivity contribution in [3.8, 4) is 0 Å². The molecule has 2 heterocycles.